The van der Waals surface area contributed by atoms with Crippen LogP contribution in [0.25, 0.3) is 0 Å². The Hall–Kier alpha value is -0.933. The normalized spacial score (nSPS) is 18.6. The van der Waals surface area contributed by atoms with E-state index in [1.165, 1.54) is 0 Å². The number of hydrogen-bond donors (Lipinski definition) is 0. The van der Waals surface area contributed by atoms with Gasteiger partial charge in [-0.1, -0.05) is 65.8 Å². The quantitative estimate of drug-likeness (QED) is 0.704. The second-order valence-electron chi connectivity index (χ2n) is 6.77. The molecular weight excluding hydrogens is 264 g/mol. The lowest BCUT2D eigenvalue weighted by molar-refractivity contribution is 0.0687. The SMILES string of the molecule is CC(C)[Si](OC1C(=O)c2ccccc21)(C(C)C)C(C)C. The van der Waals surface area contributed by atoms with Crippen LogP contribution in [0.3, 0.4) is 0 Å². The van der Waals surface area contributed by atoms with Crippen molar-refractivity contribution in [3.05, 3.63) is 35.4 Å². The van der Waals surface area contributed by atoms with Crippen molar-refractivity contribution in [3.8, 4) is 0 Å². The zero-order chi connectivity index (χ0) is 15.1. The fourth-order valence-corrected chi connectivity index (χ4v) is 9.34. The van der Waals surface area contributed by atoms with Gasteiger partial charge in [-0.15, -0.1) is 0 Å². The molecule has 1 aliphatic rings. The van der Waals surface area contributed by atoms with Crippen LogP contribution < -0.4 is 0 Å². The summed E-state index contributed by atoms with van der Waals surface area (Å²) in [6.07, 6.45) is -0.315. The Bertz CT molecular complexity index is 484. The molecule has 1 aromatic rings. The lowest BCUT2D eigenvalue weighted by Gasteiger charge is -2.46. The van der Waals surface area contributed by atoms with Crippen molar-refractivity contribution in [3.63, 3.8) is 0 Å². The molecule has 3 heteroatoms. The van der Waals surface area contributed by atoms with Crippen molar-refractivity contribution < 1.29 is 9.22 Å². The summed E-state index contributed by atoms with van der Waals surface area (Å²) < 4.78 is 6.59. The zero-order valence-corrected chi connectivity index (χ0v) is 14.4. The van der Waals surface area contributed by atoms with Crippen molar-refractivity contribution in [2.45, 2.75) is 64.3 Å². The van der Waals surface area contributed by atoms with Gasteiger partial charge in [-0.2, -0.15) is 0 Å². The average Bonchev–Trinajstić information content (AvgIpc) is 2.37. The monoisotopic (exact) mass is 290 g/mol. The van der Waals surface area contributed by atoms with Crippen LogP contribution in [0, 0.1) is 0 Å². The van der Waals surface area contributed by atoms with Crippen molar-refractivity contribution >= 4 is 14.1 Å². The van der Waals surface area contributed by atoms with Crippen molar-refractivity contribution in [1.82, 2.24) is 0 Å². The van der Waals surface area contributed by atoms with Crippen LogP contribution in [0.5, 0.6) is 0 Å². The van der Waals surface area contributed by atoms with Crippen LogP contribution in [0.4, 0.5) is 0 Å². The molecule has 1 aromatic carbocycles. The van der Waals surface area contributed by atoms with E-state index in [0.717, 1.165) is 11.1 Å². The van der Waals surface area contributed by atoms with Gasteiger partial charge >= 0.3 is 0 Å². The molecule has 1 atom stereocenters. The predicted octanol–water partition coefficient (Wildman–Crippen LogP) is 5.12. The number of carbonyl (C=O) groups excluding carboxylic acids is 1. The summed E-state index contributed by atoms with van der Waals surface area (Å²) in [5.74, 6) is 0.166. The Balaban J connectivity index is 2.34. The number of rotatable bonds is 5. The fraction of sp³-hybridized carbons (Fsp3) is 0.588. The maximum Gasteiger partial charge on any atom is 0.201 e. The molecule has 0 heterocycles. The number of hydrogen-bond acceptors (Lipinski definition) is 2. The Morgan fingerprint density at radius 3 is 1.95 bits per heavy atom. The molecule has 0 aromatic heterocycles. The molecule has 0 saturated heterocycles. The van der Waals surface area contributed by atoms with Crippen LogP contribution in [-0.2, 0) is 4.43 Å². The lowest BCUT2D eigenvalue weighted by Crippen LogP contribution is -2.51. The van der Waals surface area contributed by atoms with Gasteiger partial charge in [-0.3, -0.25) is 4.79 Å². The minimum atomic E-state index is -1.99. The van der Waals surface area contributed by atoms with Crippen molar-refractivity contribution in [2.24, 2.45) is 0 Å². The molecular formula is C17H26O2Si. The molecule has 0 radical (unpaired) electrons. The van der Waals surface area contributed by atoms with E-state index in [1.807, 2.05) is 24.3 Å². The third-order valence-electron chi connectivity index (χ3n) is 4.78. The number of Topliss-reactive ketones (excluding diaryl/α,β-unsaturated/α-hetero) is 1. The largest absolute Gasteiger partial charge is 0.402 e. The first-order chi connectivity index (χ1) is 9.32. The first kappa shape index (κ1) is 15.5. The van der Waals surface area contributed by atoms with Crippen molar-refractivity contribution in [2.75, 3.05) is 0 Å². The molecule has 1 aliphatic carbocycles. The first-order valence-corrected chi connectivity index (χ1v) is 9.77. The van der Waals surface area contributed by atoms with Gasteiger partial charge < -0.3 is 4.43 Å². The van der Waals surface area contributed by atoms with E-state index in [-0.39, 0.29) is 11.9 Å². The highest BCUT2D eigenvalue weighted by Crippen LogP contribution is 2.48. The van der Waals surface area contributed by atoms with Crippen LogP contribution in [0.2, 0.25) is 16.6 Å². The Morgan fingerprint density at radius 2 is 1.45 bits per heavy atom. The van der Waals surface area contributed by atoms with Crippen LogP contribution in [0.1, 0.15) is 63.6 Å². The highest BCUT2D eigenvalue weighted by Gasteiger charge is 2.50. The summed E-state index contributed by atoms with van der Waals surface area (Å²) >= 11 is 0. The van der Waals surface area contributed by atoms with Gasteiger partial charge in [0, 0.05) is 5.56 Å². The Kier molecular flexibility index (Phi) is 4.21. The molecule has 20 heavy (non-hydrogen) atoms. The summed E-state index contributed by atoms with van der Waals surface area (Å²) in [5.41, 5.74) is 3.43. The number of benzene rings is 1. The van der Waals surface area contributed by atoms with E-state index in [9.17, 15) is 4.79 Å². The molecule has 0 bridgehead atoms. The van der Waals surface area contributed by atoms with E-state index < -0.39 is 8.32 Å². The highest BCUT2D eigenvalue weighted by atomic mass is 28.4. The standard InChI is InChI=1S/C17H26O2Si/c1-11(2)20(12(3)4,13(5)6)19-17-15-10-8-7-9-14(15)16(17)18/h7-13,17H,1-6H3. The molecule has 2 rings (SSSR count). The molecule has 110 valence electrons. The summed E-state index contributed by atoms with van der Waals surface area (Å²) in [4.78, 5) is 12.3. The van der Waals surface area contributed by atoms with E-state index in [0.29, 0.717) is 16.6 Å². The molecule has 0 amide bonds. The van der Waals surface area contributed by atoms with Gasteiger partial charge in [0.25, 0.3) is 0 Å². The Labute approximate surface area is 123 Å². The number of fused-ring (bicyclic) bond motifs is 1. The number of ketones is 1. The highest BCUT2D eigenvalue weighted by molar-refractivity contribution is 6.77. The average molecular weight is 290 g/mol. The van der Waals surface area contributed by atoms with Gasteiger partial charge in [-0.25, -0.2) is 0 Å². The van der Waals surface area contributed by atoms with E-state index in [1.54, 1.807) is 0 Å². The second kappa shape index (κ2) is 5.45. The van der Waals surface area contributed by atoms with E-state index in [2.05, 4.69) is 41.5 Å². The molecule has 0 spiro atoms. The zero-order valence-electron chi connectivity index (χ0n) is 13.4. The smallest absolute Gasteiger partial charge is 0.201 e. The number of carbonyl (C=O) groups is 1. The van der Waals surface area contributed by atoms with Gasteiger partial charge in [0.2, 0.25) is 8.32 Å². The summed E-state index contributed by atoms with van der Waals surface area (Å²) in [6, 6.07) is 7.85. The van der Waals surface area contributed by atoms with Crippen LogP contribution in [0.15, 0.2) is 24.3 Å². The Morgan fingerprint density at radius 1 is 0.950 bits per heavy atom. The second-order valence-corrected chi connectivity index (χ2v) is 12.2. The minimum absolute atomic E-state index is 0.166. The summed E-state index contributed by atoms with van der Waals surface area (Å²) in [7, 11) is -1.99. The third-order valence-corrected chi connectivity index (χ3v) is 10.8. The first-order valence-electron chi connectivity index (χ1n) is 7.63. The molecule has 2 nitrogen and oxygen atoms in total. The molecule has 0 fully saturated rings. The van der Waals surface area contributed by atoms with Gasteiger partial charge in [0.1, 0.15) is 6.10 Å². The maximum absolute atomic E-state index is 12.3. The maximum atomic E-state index is 12.3. The summed E-state index contributed by atoms with van der Waals surface area (Å²) in [5, 5.41) is 0. The van der Waals surface area contributed by atoms with E-state index in [4.69, 9.17) is 4.43 Å². The topological polar surface area (TPSA) is 26.3 Å². The van der Waals surface area contributed by atoms with Gasteiger partial charge in [-0.05, 0) is 22.2 Å². The van der Waals surface area contributed by atoms with Crippen LogP contribution >= 0.6 is 0 Å². The minimum Gasteiger partial charge on any atom is -0.402 e. The van der Waals surface area contributed by atoms with Crippen molar-refractivity contribution in [1.29, 1.82) is 0 Å². The van der Waals surface area contributed by atoms with Gasteiger partial charge in [0.15, 0.2) is 5.78 Å². The molecule has 1 unspecified atom stereocenters. The van der Waals surface area contributed by atoms with Crippen LogP contribution in [-0.4, -0.2) is 14.1 Å². The molecule has 0 saturated carbocycles. The van der Waals surface area contributed by atoms with E-state index >= 15 is 0 Å². The fourth-order valence-electron chi connectivity index (χ4n) is 3.88. The molecule has 0 N–H and O–H groups in total. The lowest BCUT2D eigenvalue weighted by atomic mass is 9.84. The third kappa shape index (κ3) is 2.17. The summed E-state index contributed by atoms with van der Waals surface area (Å²) in [6.45, 7) is 13.5. The molecule has 0 aliphatic heterocycles. The van der Waals surface area contributed by atoms with Gasteiger partial charge in [0.05, 0.1) is 0 Å². The predicted molar refractivity (Wildman–Crippen MR) is 85.6 cm³/mol.